The first-order chi connectivity index (χ1) is 10.1. The maximum Gasteiger partial charge on any atom is 0.240 e. The fourth-order valence-corrected chi connectivity index (χ4v) is 3.16. The van der Waals surface area contributed by atoms with Gasteiger partial charge in [0.15, 0.2) is 0 Å². The summed E-state index contributed by atoms with van der Waals surface area (Å²) >= 11 is 3.41. The molecule has 21 heavy (non-hydrogen) atoms. The molecule has 1 atom stereocenters. The minimum absolute atomic E-state index is 0.0842. The van der Waals surface area contributed by atoms with Crippen LogP contribution in [0, 0.1) is 16.7 Å². The van der Waals surface area contributed by atoms with Crippen LogP contribution in [0.25, 0.3) is 0 Å². The van der Waals surface area contributed by atoms with Crippen LogP contribution in [-0.2, 0) is 4.79 Å². The van der Waals surface area contributed by atoms with Gasteiger partial charge in [0.25, 0.3) is 0 Å². The molecule has 0 spiro atoms. The second kappa shape index (κ2) is 7.09. The Bertz CT molecular complexity index is 525. The Labute approximate surface area is 134 Å². The number of carbonyl (C=O) groups excluding carboxylic acids is 1. The molecule has 0 unspecified atom stereocenters. The van der Waals surface area contributed by atoms with Gasteiger partial charge in [-0.25, -0.2) is 0 Å². The van der Waals surface area contributed by atoms with Crippen molar-refractivity contribution < 1.29 is 4.79 Å². The molecule has 2 rings (SSSR count). The van der Waals surface area contributed by atoms with Crippen molar-refractivity contribution in [3.8, 4) is 6.07 Å². The van der Waals surface area contributed by atoms with Crippen LogP contribution in [0.4, 0.5) is 0 Å². The molecule has 112 valence electrons. The first-order valence-corrected chi connectivity index (χ1v) is 8.34. The van der Waals surface area contributed by atoms with E-state index in [1.807, 2.05) is 31.2 Å². The van der Waals surface area contributed by atoms with Crippen molar-refractivity contribution in [3.63, 3.8) is 0 Å². The van der Waals surface area contributed by atoms with E-state index in [9.17, 15) is 10.1 Å². The number of carbonyl (C=O) groups is 1. The number of amides is 1. The summed E-state index contributed by atoms with van der Waals surface area (Å²) in [5, 5.41) is 12.6. The van der Waals surface area contributed by atoms with Crippen LogP contribution in [0.3, 0.4) is 0 Å². The highest BCUT2D eigenvalue weighted by atomic mass is 79.9. The van der Waals surface area contributed by atoms with Crippen LogP contribution in [0.1, 0.15) is 57.1 Å². The Balaban J connectivity index is 2.08. The Morgan fingerprint density at radius 2 is 1.81 bits per heavy atom. The minimum atomic E-state index is -0.833. The zero-order chi connectivity index (χ0) is 15.3. The van der Waals surface area contributed by atoms with Gasteiger partial charge in [-0.1, -0.05) is 53.7 Å². The van der Waals surface area contributed by atoms with Crippen molar-refractivity contribution in [3.05, 3.63) is 34.3 Å². The van der Waals surface area contributed by atoms with Crippen molar-refractivity contribution in [1.29, 1.82) is 5.26 Å². The van der Waals surface area contributed by atoms with Crippen LogP contribution < -0.4 is 5.32 Å². The van der Waals surface area contributed by atoms with Gasteiger partial charge in [-0.05, 0) is 37.5 Å². The van der Waals surface area contributed by atoms with E-state index < -0.39 is 5.41 Å². The van der Waals surface area contributed by atoms with Crippen LogP contribution >= 0.6 is 15.9 Å². The lowest BCUT2D eigenvalue weighted by Gasteiger charge is -2.26. The fraction of sp³-hybridized carbons (Fsp3) is 0.529. The maximum absolute atomic E-state index is 12.6. The lowest BCUT2D eigenvalue weighted by molar-refractivity contribution is -0.129. The van der Waals surface area contributed by atoms with Crippen molar-refractivity contribution in [2.45, 2.75) is 51.5 Å². The van der Waals surface area contributed by atoms with E-state index in [1.165, 1.54) is 0 Å². The molecule has 0 aromatic heterocycles. The van der Waals surface area contributed by atoms with Crippen molar-refractivity contribution in [1.82, 2.24) is 5.32 Å². The topological polar surface area (TPSA) is 52.9 Å². The number of hydrogen-bond donors (Lipinski definition) is 1. The van der Waals surface area contributed by atoms with E-state index in [0.29, 0.717) is 12.8 Å². The second-order valence-corrected chi connectivity index (χ2v) is 6.77. The van der Waals surface area contributed by atoms with Gasteiger partial charge in [0.1, 0.15) is 5.41 Å². The smallest absolute Gasteiger partial charge is 0.240 e. The van der Waals surface area contributed by atoms with Gasteiger partial charge in [-0.15, -0.1) is 0 Å². The maximum atomic E-state index is 12.6. The largest absolute Gasteiger partial charge is 0.348 e. The summed E-state index contributed by atoms with van der Waals surface area (Å²) in [6.07, 6.45) is 5.55. The molecule has 1 aliphatic carbocycles. The molecule has 0 saturated heterocycles. The number of nitrogens with zero attached hydrogens (tertiary/aromatic N) is 1. The van der Waals surface area contributed by atoms with Crippen molar-refractivity contribution >= 4 is 21.8 Å². The molecule has 1 aromatic carbocycles. The summed E-state index contributed by atoms with van der Waals surface area (Å²) < 4.78 is 1.02. The van der Waals surface area contributed by atoms with Gasteiger partial charge in [-0.3, -0.25) is 4.79 Å². The number of benzene rings is 1. The SMILES string of the molecule is C[C@H](NC(=O)C1(C#N)CCCCCC1)c1ccc(Br)cc1. The molecular formula is C17H21BrN2O. The molecule has 1 N–H and O–H groups in total. The lowest BCUT2D eigenvalue weighted by atomic mass is 9.80. The average Bonchev–Trinajstić information content (AvgIpc) is 2.74. The summed E-state index contributed by atoms with van der Waals surface area (Å²) in [6.45, 7) is 1.96. The Kier molecular flexibility index (Phi) is 5.41. The molecule has 1 aromatic rings. The first-order valence-electron chi connectivity index (χ1n) is 7.55. The van der Waals surface area contributed by atoms with E-state index in [2.05, 4.69) is 27.3 Å². The third kappa shape index (κ3) is 3.85. The summed E-state index contributed by atoms with van der Waals surface area (Å²) in [7, 11) is 0. The van der Waals surface area contributed by atoms with Crippen LogP contribution in [-0.4, -0.2) is 5.91 Å². The molecule has 0 bridgehead atoms. The van der Waals surface area contributed by atoms with Crippen LogP contribution in [0.5, 0.6) is 0 Å². The van der Waals surface area contributed by atoms with Gasteiger partial charge >= 0.3 is 0 Å². The molecule has 1 saturated carbocycles. The molecular weight excluding hydrogens is 328 g/mol. The molecule has 0 radical (unpaired) electrons. The highest BCUT2D eigenvalue weighted by molar-refractivity contribution is 9.10. The molecule has 0 aliphatic heterocycles. The minimum Gasteiger partial charge on any atom is -0.348 e. The predicted molar refractivity (Wildman–Crippen MR) is 86.4 cm³/mol. The molecule has 0 heterocycles. The van der Waals surface area contributed by atoms with E-state index in [0.717, 1.165) is 35.7 Å². The predicted octanol–water partition coefficient (Wildman–Crippen LogP) is 4.49. The van der Waals surface area contributed by atoms with E-state index in [-0.39, 0.29) is 11.9 Å². The van der Waals surface area contributed by atoms with Crippen molar-refractivity contribution in [2.75, 3.05) is 0 Å². The number of nitrogens with one attached hydrogen (secondary N) is 1. The van der Waals surface area contributed by atoms with Crippen LogP contribution in [0.15, 0.2) is 28.7 Å². The quantitative estimate of drug-likeness (QED) is 0.818. The molecule has 1 amide bonds. The standard InChI is InChI=1S/C17H21BrN2O/c1-13(14-6-8-15(18)9-7-14)20-16(21)17(12-19)10-4-2-3-5-11-17/h6-9,13H,2-5,10-11H2,1H3,(H,20,21)/t13-/m0/s1. The third-order valence-corrected chi connectivity index (χ3v) is 4.85. The second-order valence-electron chi connectivity index (χ2n) is 5.85. The number of rotatable bonds is 3. The summed E-state index contributed by atoms with van der Waals surface area (Å²) in [5.41, 5.74) is 0.216. The van der Waals surface area contributed by atoms with Gasteiger partial charge in [0.05, 0.1) is 12.1 Å². The Morgan fingerprint density at radius 1 is 1.24 bits per heavy atom. The summed E-state index contributed by atoms with van der Waals surface area (Å²) in [6, 6.07) is 10.1. The van der Waals surface area contributed by atoms with Gasteiger partial charge in [-0.2, -0.15) is 5.26 Å². The zero-order valence-corrected chi connectivity index (χ0v) is 13.9. The average molecular weight is 349 g/mol. The number of hydrogen-bond acceptors (Lipinski definition) is 2. The van der Waals surface area contributed by atoms with Gasteiger partial charge < -0.3 is 5.32 Å². The van der Waals surface area contributed by atoms with Crippen molar-refractivity contribution in [2.24, 2.45) is 5.41 Å². The summed E-state index contributed by atoms with van der Waals surface area (Å²) in [4.78, 5) is 12.6. The zero-order valence-electron chi connectivity index (χ0n) is 12.4. The normalized spacial score (nSPS) is 19.1. The third-order valence-electron chi connectivity index (χ3n) is 4.32. The number of nitriles is 1. The number of halogens is 1. The summed E-state index contributed by atoms with van der Waals surface area (Å²) in [5.74, 6) is -0.109. The van der Waals surface area contributed by atoms with E-state index in [4.69, 9.17) is 0 Å². The highest BCUT2D eigenvalue weighted by Crippen LogP contribution is 2.35. The highest BCUT2D eigenvalue weighted by Gasteiger charge is 2.39. The lowest BCUT2D eigenvalue weighted by Crippen LogP contribution is -2.41. The monoisotopic (exact) mass is 348 g/mol. The molecule has 1 aliphatic rings. The molecule has 1 fully saturated rings. The molecule has 4 heteroatoms. The van der Waals surface area contributed by atoms with E-state index in [1.54, 1.807) is 0 Å². The van der Waals surface area contributed by atoms with Gasteiger partial charge in [0, 0.05) is 4.47 Å². The van der Waals surface area contributed by atoms with E-state index >= 15 is 0 Å². The Hall–Kier alpha value is -1.34. The molecule has 3 nitrogen and oxygen atoms in total. The Morgan fingerprint density at radius 3 is 2.33 bits per heavy atom. The fourth-order valence-electron chi connectivity index (χ4n) is 2.89. The van der Waals surface area contributed by atoms with Crippen LogP contribution in [0.2, 0.25) is 0 Å². The van der Waals surface area contributed by atoms with Gasteiger partial charge in [0.2, 0.25) is 5.91 Å². The first kappa shape index (κ1) is 16.0.